The highest BCUT2D eigenvalue weighted by Gasteiger charge is 2.19. The summed E-state index contributed by atoms with van der Waals surface area (Å²) in [5.74, 6) is -0.855. The van der Waals surface area contributed by atoms with Crippen LogP contribution in [-0.2, 0) is 28.6 Å². The summed E-state index contributed by atoms with van der Waals surface area (Å²) in [4.78, 5) is 38.2. The zero-order valence-electron chi connectivity index (χ0n) is 47.3. The Kier molecular flexibility index (Phi) is 57.7. The lowest BCUT2D eigenvalue weighted by Gasteiger charge is -2.18. The van der Waals surface area contributed by atoms with Gasteiger partial charge in [-0.2, -0.15) is 0 Å². The summed E-state index contributed by atoms with van der Waals surface area (Å²) in [6.07, 6.45) is 70.5. The second-order valence-electron chi connectivity index (χ2n) is 21.3. The Bertz CT molecular complexity index is 1130. The van der Waals surface area contributed by atoms with Gasteiger partial charge in [0.1, 0.15) is 13.2 Å². The van der Waals surface area contributed by atoms with Crippen LogP contribution in [0.5, 0.6) is 0 Å². The molecule has 0 aliphatic carbocycles. The van der Waals surface area contributed by atoms with Crippen LogP contribution < -0.4 is 0 Å². The minimum absolute atomic E-state index is 0.0689. The van der Waals surface area contributed by atoms with E-state index in [-0.39, 0.29) is 31.1 Å². The molecule has 0 aromatic rings. The number of carbonyl (C=O) groups excluding carboxylic acids is 3. The van der Waals surface area contributed by atoms with Crippen molar-refractivity contribution in [2.24, 2.45) is 0 Å². The molecule has 0 rings (SSSR count). The van der Waals surface area contributed by atoms with Gasteiger partial charge in [0.15, 0.2) is 6.10 Å². The number of unbranched alkanes of at least 4 members (excludes halogenated alkanes) is 43. The predicted octanol–water partition coefficient (Wildman–Crippen LogP) is 21.1. The van der Waals surface area contributed by atoms with Crippen molar-refractivity contribution >= 4 is 17.9 Å². The highest BCUT2D eigenvalue weighted by Crippen LogP contribution is 2.18. The number of carbonyl (C=O) groups is 3. The molecule has 1 atom stereocenters. The molecule has 0 heterocycles. The maximum atomic E-state index is 12.9. The Morgan fingerprint density at radius 2 is 0.514 bits per heavy atom. The zero-order chi connectivity index (χ0) is 50.7. The molecule has 6 nitrogen and oxygen atoms in total. The first-order chi connectivity index (χ1) is 34.5. The first kappa shape index (κ1) is 67.9. The van der Waals surface area contributed by atoms with Gasteiger partial charge in [-0.05, 0) is 51.4 Å². The van der Waals surface area contributed by atoms with Crippen LogP contribution in [0.15, 0.2) is 24.3 Å². The van der Waals surface area contributed by atoms with E-state index in [2.05, 4.69) is 45.1 Å². The van der Waals surface area contributed by atoms with Crippen LogP contribution in [0.1, 0.15) is 348 Å². The Morgan fingerprint density at radius 3 is 0.800 bits per heavy atom. The first-order valence-electron chi connectivity index (χ1n) is 31.3. The van der Waals surface area contributed by atoms with Gasteiger partial charge in [-0.25, -0.2) is 0 Å². The summed E-state index contributed by atoms with van der Waals surface area (Å²) in [6.45, 7) is 6.66. The van der Waals surface area contributed by atoms with Crippen molar-refractivity contribution in [3.05, 3.63) is 24.3 Å². The number of hydrogen-bond acceptors (Lipinski definition) is 6. The normalized spacial score (nSPS) is 12.1. The highest BCUT2D eigenvalue weighted by atomic mass is 16.6. The molecule has 1 unspecified atom stereocenters. The van der Waals surface area contributed by atoms with E-state index in [1.54, 1.807) is 0 Å². The van der Waals surface area contributed by atoms with E-state index in [0.717, 1.165) is 70.6 Å². The van der Waals surface area contributed by atoms with Crippen LogP contribution >= 0.6 is 0 Å². The van der Waals surface area contributed by atoms with Crippen LogP contribution in [0, 0.1) is 0 Å². The molecular weight excluding hydrogens is 865 g/mol. The minimum Gasteiger partial charge on any atom is -0.462 e. The smallest absolute Gasteiger partial charge is 0.306 e. The topological polar surface area (TPSA) is 78.9 Å². The van der Waals surface area contributed by atoms with Crippen LogP contribution in [0.3, 0.4) is 0 Å². The third kappa shape index (κ3) is 56.8. The second-order valence-corrected chi connectivity index (χ2v) is 21.3. The molecule has 0 spiro atoms. The molecule has 0 aliphatic rings. The van der Waals surface area contributed by atoms with E-state index in [0.29, 0.717) is 19.3 Å². The summed E-state index contributed by atoms with van der Waals surface area (Å²) >= 11 is 0. The molecule has 0 fully saturated rings. The molecular formula is C64H120O6. The van der Waals surface area contributed by atoms with Crippen LogP contribution in [-0.4, -0.2) is 37.2 Å². The molecule has 6 heteroatoms. The lowest BCUT2D eigenvalue weighted by atomic mass is 10.0. The van der Waals surface area contributed by atoms with Crippen molar-refractivity contribution < 1.29 is 28.6 Å². The number of allylic oxidation sites excluding steroid dienone is 4. The van der Waals surface area contributed by atoms with E-state index in [9.17, 15) is 14.4 Å². The van der Waals surface area contributed by atoms with Gasteiger partial charge in [-0.1, -0.05) is 302 Å². The average molecular weight is 986 g/mol. The SMILES string of the molecule is CCCCCC/C=C\C/C=C\CCCCCCCCCC(=O)OC(COC(=O)CCCCCCCCCCCC)COC(=O)CCCCCCCCCCCCCCCCCCCCCCCCCC. The summed E-state index contributed by atoms with van der Waals surface area (Å²) in [6, 6.07) is 0. The maximum absolute atomic E-state index is 12.9. The van der Waals surface area contributed by atoms with E-state index in [1.807, 2.05) is 0 Å². The summed E-state index contributed by atoms with van der Waals surface area (Å²) in [5.41, 5.74) is 0. The molecule has 0 N–H and O–H groups in total. The molecule has 70 heavy (non-hydrogen) atoms. The zero-order valence-corrected chi connectivity index (χ0v) is 47.3. The number of hydrogen-bond donors (Lipinski definition) is 0. The number of esters is 3. The molecule has 0 aromatic heterocycles. The molecule has 0 aromatic carbocycles. The lowest BCUT2D eigenvalue weighted by Crippen LogP contribution is -2.30. The lowest BCUT2D eigenvalue weighted by molar-refractivity contribution is -0.167. The predicted molar refractivity (Wildman–Crippen MR) is 303 cm³/mol. The van der Waals surface area contributed by atoms with Gasteiger partial charge in [-0.3, -0.25) is 14.4 Å². The quantitative estimate of drug-likeness (QED) is 0.0261. The fourth-order valence-corrected chi connectivity index (χ4v) is 9.48. The summed E-state index contributed by atoms with van der Waals surface area (Å²) in [7, 11) is 0. The van der Waals surface area contributed by atoms with Gasteiger partial charge < -0.3 is 14.2 Å². The highest BCUT2D eigenvalue weighted by molar-refractivity contribution is 5.71. The third-order valence-electron chi connectivity index (χ3n) is 14.2. The minimum atomic E-state index is -0.770. The van der Waals surface area contributed by atoms with Crippen molar-refractivity contribution in [2.45, 2.75) is 354 Å². The molecule has 0 saturated carbocycles. The molecule has 0 aliphatic heterocycles. The van der Waals surface area contributed by atoms with Crippen LogP contribution in [0.4, 0.5) is 0 Å². The second kappa shape index (κ2) is 59.5. The standard InChI is InChI=1S/C64H120O6/c1-4-7-10-13-16-19-22-24-26-28-30-31-32-33-34-35-37-38-40-42-45-48-51-54-57-63(66)69-60-61(59-68-62(65)56-53-50-47-44-21-18-15-12-9-6-3)70-64(67)58-55-52-49-46-43-41-39-36-29-27-25-23-20-17-14-11-8-5-2/h20,23,27,29,61H,4-19,21-22,24-26,28,30-60H2,1-3H3/b23-20-,29-27-. The first-order valence-corrected chi connectivity index (χ1v) is 31.3. The molecule has 0 amide bonds. The van der Waals surface area contributed by atoms with E-state index < -0.39 is 6.10 Å². The monoisotopic (exact) mass is 985 g/mol. The van der Waals surface area contributed by atoms with Gasteiger partial charge in [-0.15, -0.1) is 0 Å². The fourth-order valence-electron chi connectivity index (χ4n) is 9.48. The molecule has 0 radical (unpaired) electrons. The van der Waals surface area contributed by atoms with Gasteiger partial charge >= 0.3 is 17.9 Å². The van der Waals surface area contributed by atoms with Crippen LogP contribution in [0.25, 0.3) is 0 Å². The van der Waals surface area contributed by atoms with Gasteiger partial charge in [0, 0.05) is 19.3 Å². The Hall–Kier alpha value is -2.11. The van der Waals surface area contributed by atoms with Crippen molar-refractivity contribution in [1.29, 1.82) is 0 Å². The van der Waals surface area contributed by atoms with Gasteiger partial charge in [0.05, 0.1) is 0 Å². The fraction of sp³-hybridized carbons (Fsp3) is 0.891. The van der Waals surface area contributed by atoms with Crippen molar-refractivity contribution in [2.75, 3.05) is 13.2 Å². The summed E-state index contributed by atoms with van der Waals surface area (Å²) in [5, 5.41) is 0. The van der Waals surface area contributed by atoms with E-state index >= 15 is 0 Å². The number of ether oxygens (including phenoxy) is 3. The molecule has 0 saturated heterocycles. The van der Waals surface area contributed by atoms with Crippen molar-refractivity contribution in [3.8, 4) is 0 Å². The van der Waals surface area contributed by atoms with Crippen molar-refractivity contribution in [1.82, 2.24) is 0 Å². The Balaban J connectivity index is 4.19. The maximum Gasteiger partial charge on any atom is 0.306 e. The van der Waals surface area contributed by atoms with Gasteiger partial charge in [0.2, 0.25) is 0 Å². The summed E-state index contributed by atoms with van der Waals surface area (Å²) < 4.78 is 16.9. The van der Waals surface area contributed by atoms with E-state index in [1.165, 1.54) is 238 Å². The third-order valence-corrected chi connectivity index (χ3v) is 14.2. The van der Waals surface area contributed by atoms with Crippen LogP contribution in [0.2, 0.25) is 0 Å². The average Bonchev–Trinajstić information content (AvgIpc) is 3.36. The number of rotatable bonds is 58. The van der Waals surface area contributed by atoms with Crippen molar-refractivity contribution in [3.63, 3.8) is 0 Å². The molecule has 0 bridgehead atoms. The molecule has 412 valence electrons. The van der Waals surface area contributed by atoms with Gasteiger partial charge in [0.25, 0.3) is 0 Å². The largest absolute Gasteiger partial charge is 0.462 e. The Morgan fingerprint density at radius 1 is 0.286 bits per heavy atom. The van der Waals surface area contributed by atoms with E-state index in [4.69, 9.17) is 14.2 Å². The Labute approximate surface area is 436 Å².